The van der Waals surface area contributed by atoms with Crippen LogP contribution in [0.15, 0.2) is 18.2 Å². The quantitative estimate of drug-likeness (QED) is 0.780. The highest BCUT2D eigenvalue weighted by Crippen LogP contribution is 2.28. The lowest BCUT2D eigenvalue weighted by molar-refractivity contribution is 0.0781. The maximum atomic E-state index is 12.6. The summed E-state index contributed by atoms with van der Waals surface area (Å²) in [4.78, 5) is 14.6. The second-order valence-corrected chi connectivity index (χ2v) is 6.46. The summed E-state index contributed by atoms with van der Waals surface area (Å²) >= 11 is 2.29. The van der Waals surface area contributed by atoms with Crippen LogP contribution in [-0.4, -0.2) is 37.0 Å². The minimum atomic E-state index is 0.209. The first-order valence-corrected chi connectivity index (χ1v) is 7.50. The molecule has 2 atom stereocenters. The average molecular weight is 356 g/mol. The van der Waals surface area contributed by atoms with Crippen molar-refractivity contribution in [3.8, 4) is 0 Å². The third-order valence-electron chi connectivity index (χ3n) is 4.17. The topological polar surface area (TPSA) is 32.3 Å². The first-order chi connectivity index (χ1) is 8.66. The molecule has 2 aliphatic heterocycles. The van der Waals surface area contributed by atoms with Crippen molar-refractivity contribution in [1.82, 2.24) is 10.2 Å². The van der Waals surface area contributed by atoms with Crippen molar-refractivity contribution in [2.24, 2.45) is 11.8 Å². The van der Waals surface area contributed by atoms with Crippen LogP contribution in [-0.2, 0) is 0 Å². The van der Waals surface area contributed by atoms with Gasteiger partial charge in [0.2, 0.25) is 0 Å². The maximum Gasteiger partial charge on any atom is 0.254 e. The van der Waals surface area contributed by atoms with Crippen molar-refractivity contribution in [1.29, 1.82) is 0 Å². The molecule has 3 nitrogen and oxygen atoms in total. The zero-order chi connectivity index (χ0) is 12.7. The molecule has 1 aromatic carbocycles. The van der Waals surface area contributed by atoms with Crippen molar-refractivity contribution in [2.75, 3.05) is 26.2 Å². The van der Waals surface area contributed by atoms with Gasteiger partial charge < -0.3 is 10.2 Å². The Morgan fingerprint density at radius 2 is 2.00 bits per heavy atom. The number of likely N-dealkylation sites (tertiary alicyclic amines) is 1. The van der Waals surface area contributed by atoms with Gasteiger partial charge in [-0.25, -0.2) is 0 Å². The molecule has 1 amide bonds. The van der Waals surface area contributed by atoms with Gasteiger partial charge in [-0.05, 0) is 59.0 Å². The third-order valence-corrected chi connectivity index (χ3v) is 5.34. The van der Waals surface area contributed by atoms with Gasteiger partial charge in [-0.1, -0.05) is 6.07 Å². The van der Waals surface area contributed by atoms with E-state index in [1.165, 1.54) is 3.57 Å². The fraction of sp³-hybridized carbons (Fsp3) is 0.500. The Morgan fingerprint density at radius 1 is 1.33 bits per heavy atom. The van der Waals surface area contributed by atoms with Crippen LogP contribution < -0.4 is 5.32 Å². The summed E-state index contributed by atoms with van der Waals surface area (Å²) in [6.45, 7) is 6.01. The summed E-state index contributed by atoms with van der Waals surface area (Å²) in [5.74, 6) is 1.54. The lowest BCUT2D eigenvalue weighted by atomic mass is 10.0. The van der Waals surface area contributed by atoms with Crippen molar-refractivity contribution in [3.63, 3.8) is 0 Å². The fourth-order valence-electron chi connectivity index (χ4n) is 3.03. The molecule has 0 aliphatic carbocycles. The van der Waals surface area contributed by atoms with Crippen LogP contribution in [0.5, 0.6) is 0 Å². The molecule has 0 unspecified atom stereocenters. The molecular weight excluding hydrogens is 339 g/mol. The fourth-order valence-corrected chi connectivity index (χ4v) is 3.53. The highest BCUT2D eigenvalue weighted by molar-refractivity contribution is 14.1. The molecule has 96 valence electrons. The number of carbonyl (C=O) groups excluding carboxylic acids is 1. The Bertz CT molecular complexity index is 477. The van der Waals surface area contributed by atoms with Crippen molar-refractivity contribution >= 4 is 28.5 Å². The number of amides is 1. The van der Waals surface area contributed by atoms with Crippen LogP contribution in [0.4, 0.5) is 0 Å². The summed E-state index contributed by atoms with van der Waals surface area (Å²) in [5, 5.41) is 3.40. The van der Waals surface area contributed by atoms with Gasteiger partial charge in [-0.2, -0.15) is 0 Å². The van der Waals surface area contributed by atoms with E-state index < -0.39 is 0 Å². The minimum absolute atomic E-state index is 0.209. The van der Waals surface area contributed by atoms with E-state index >= 15 is 0 Å². The number of benzene rings is 1. The Kier molecular flexibility index (Phi) is 3.32. The molecule has 0 aromatic heterocycles. The van der Waals surface area contributed by atoms with Gasteiger partial charge in [0, 0.05) is 35.3 Å². The summed E-state index contributed by atoms with van der Waals surface area (Å²) in [5.41, 5.74) is 1.98. The molecular formula is C14H17IN2O. The van der Waals surface area contributed by atoms with E-state index in [0.717, 1.165) is 37.3 Å². The van der Waals surface area contributed by atoms with Gasteiger partial charge in [0.25, 0.3) is 5.91 Å². The second kappa shape index (κ2) is 4.81. The molecule has 2 fully saturated rings. The number of hydrogen-bond donors (Lipinski definition) is 1. The largest absolute Gasteiger partial charge is 0.338 e. The standard InChI is InChI=1S/C14H17IN2O/c1-9-12(3-2-4-13(9)15)14(18)17-7-10-5-16-6-11(10)8-17/h2-4,10-11,16H,5-8H2,1H3/t10-,11+. The third kappa shape index (κ3) is 2.05. The van der Waals surface area contributed by atoms with E-state index in [1.54, 1.807) is 0 Å². The number of carbonyl (C=O) groups is 1. The molecule has 2 saturated heterocycles. The predicted octanol–water partition coefficient (Wildman–Crippen LogP) is 1.89. The number of nitrogens with one attached hydrogen (secondary N) is 1. The average Bonchev–Trinajstić information content (AvgIpc) is 2.92. The molecule has 0 radical (unpaired) electrons. The summed E-state index contributed by atoms with van der Waals surface area (Å²) in [6.07, 6.45) is 0. The molecule has 1 N–H and O–H groups in total. The maximum absolute atomic E-state index is 12.6. The number of halogens is 1. The zero-order valence-electron chi connectivity index (χ0n) is 10.4. The molecule has 4 heteroatoms. The van der Waals surface area contributed by atoms with E-state index in [9.17, 15) is 4.79 Å². The van der Waals surface area contributed by atoms with Crippen LogP contribution in [0.1, 0.15) is 15.9 Å². The van der Waals surface area contributed by atoms with Crippen molar-refractivity contribution in [3.05, 3.63) is 32.9 Å². The molecule has 2 aliphatic rings. The lowest BCUT2D eigenvalue weighted by Crippen LogP contribution is -2.32. The van der Waals surface area contributed by atoms with Gasteiger partial charge in [-0.3, -0.25) is 4.79 Å². The summed E-state index contributed by atoms with van der Waals surface area (Å²) in [7, 11) is 0. The molecule has 18 heavy (non-hydrogen) atoms. The highest BCUT2D eigenvalue weighted by atomic mass is 127. The zero-order valence-corrected chi connectivity index (χ0v) is 12.6. The first kappa shape index (κ1) is 12.4. The smallest absolute Gasteiger partial charge is 0.254 e. The summed E-state index contributed by atoms with van der Waals surface area (Å²) in [6, 6.07) is 5.97. The van der Waals surface area contributed by atoms with Crippen LogP contribution in [0.3, 0.4) is 0 Å². The number of rotatable bonds is 1. The first-order valence-electron chi connectivity index (χ1n) is 6.42. The van der Waals surface area contributed by atoms with Crippen molar-refractivity contribution in [2.45, 2.75) is 6.92 Å². The number of hydrogen-bond acceptors (Lipinski definition) is 2. The van der Waals surface area contributed by atoms with E-state index in [1.807, 2.05) is 24.0 Å². The normalized spacial score (nSPS) is 26.4. The second-order valence-electron chi connectivity index (χ2n) is 5.30. The molecule has 2 heterocycles. The highest BCUT2D eigenvalue weighted by Gasteiger charge is 2.38. The van der Waals surface area contributed by atoms with Gasteiger partial charge in [-0.15, -0.1) is 0 Å². The van der Waals surface area contributed by atoms with Gasteiger partial charge in [0.15, 0.2) is 0 Å². The van der Waals surface area contributed by atoms with E-state index in [-0.39, 0.29) is 5.91 Å². The van der Waals surface area contributed by atoms with Crippen LogP contribution in [0, 0.1) is 22.3 Å². The molecule has 3 rings (SSSR count). The van der Waals surface area contributed by atoms with Crippen LogP contribution in [0.25, 0.3) is 0 Å². The van der Waals surface area contributed by atoms with Gasteiger partial charge in [0.05, 0.1) is 0 Å². The minimum Gasteiger partial charge on any atom is -0.338 e. The van der Waals surface area contributed by atoms with E-state index in [0.29, 0.717) is 11.8 Å². The Morgan fingerprint density at radius 3 is 2.67 bits per heavy atom. The predicted molar refractivity (Wildman–Crippen MR) is 79.6 cm³/mol. The Labute approximate surface area is 121 Å². The van der Waals surface area contributed by atoms with Gasteiger partial charge >= 0.3 is 0 Å². The molecule has 0 spiro atoms. The lowest BCUT2D eigenvalue weighted by Gasteiger charge is -2.19. The van der Waals surface area contributed by atoms with E-state index in [2.05, 4.69) is 34.0 Å². The monoisotopic (exact) mass is 356 g/mol. The van der Waals surface area contributed by atoms with Crippen LogP contribution >= 0.6 is 22.6 Å². The van der Waals surface area contributed by atoms with Crippen LogP contribution in [0.2, 0.25) is 0 Å². The number of nitrogens with zero attached hydrogens (tertiary/aromatic N) is 1. The SMILES string of the molecule is Cc1c(I)cccc1C(=O)N1C[C@H]2CNC[C@H]2C1. The van der Waals surface area contributed by atoms with Crippen molar-refractivity contribution < 1.29 is 4.79 Å². The van der Waals surface area contributed by atoms with E-state index in [4.69, 9.17) is 0 Å². The van der Waals surface area contributed by atoms with Gasteiger partial charge in [0.1, 0.15) is 0 Å². The Hall–Kier alpha value is -0.620. The molecule has 0 saturated carbocycles. The molecule has 0 bridgehead atoms. The molecule has 1 aromatic rings. The number of fused-ring (bicyclic) bond motifs is 1. The Balaban J connectivity index is 1.81. The summed E-state index contributed by atoms with van der Waals surface area (Å²) < 4.78 is 1.17.